The average Bonchev–Trinajstić information content (AvgIpc) is 2.79. The highest BCUT2D eigenvalue weighted by molar-refractivity contribution is 9.10. The Hall–Kier alpha value is -3.16. The highest BCUT2D eigenvalue weighted by atomic mass is 79.9. The molecule has 0 spiro atoms. The smallest absolute Gasteiger partial charge is 0.0260 e. The summed E-state index contributed by atoms with van der Waals surface area (Å²) in [5, 5.41) is 10.3. The second-order valence-electron chi connectivity index (χ2n) is 7.46. The predicted molar refractivity (Wildman–Crippen MR) is 130 cm³/mol. The van der Waals surface area contributed by atoms with Crippen LogP contribution in [0.15, 0.2) is 108 Å². The molecule has 0 N–H and O–H groups in total. The summed E-state index contributed by atoms with van der Waals surface area (Å²) < 4.78 is 1.14. The van der Waals surface area contributed by atoms with Crippen LogP contribution in [0.25, 0.3) is 54.2 Å². The molecule has 0 amide bonds. The first kappa shape index (κ1) is 16.8. The van der Waals surface area contributed by atoms with Crippen molar-refractivity contribution in [3.63, 3.8) is 0 Å². The van der Waals surface area contributed by atoms with E-state index in [4.69, 9.17) is 0 Å². The van der Waals surface area contributed by atoms with E-state index in [1.807, 2.05) is 0 Å². The van der Waals surface area contributed by atoms with E-state index in [0.29, 0.717) is 0 Å². The molecule has 0 aliphatic carbocycles. The van der Waals surface area contributed by atoms with Crippen LogP contribution < -0.4 is 0 Å². The van der Waals surface area contributed by atoms with Gasteiger partial charge < -0.3 is 0 Å². The molecule has 0 nitrogen and oxygen atoms in total. The first-order valence-corrected chi connectivity index (χ1v) is 10.6. The second kappa shape index (κ2) is 6.43. The minimum Gasteiger partial charge on any atom is -0.0616 e. The average molecular weight is 433 g/mol. The zero-order chi connectivity index (χ0) is 19.4. The van der Waals surface area contributed by atoms with Crippen LogP contribution >= 0.6 is 15.9 Å². The first-order chi connectivity index (χ1) is 14.3. The van der Waals surface area contributed by atoms with E-state index in [1.165, 1.54) is 54.2 Å². The quantitative estimate of drug-likeness (QED) is 0.228. The molecule has 0 radical (unpaired) electrons. The first-order valence-electron chi connectivity index (χ1n) is 9.83. The molecule has 29 heavy (non-hydrogen) atoms. The molecule has 6 rings (SSSR count). The maximum Gasteiger partial charge on any atom is 0.0260 e. The predicted octanol–water partition coefficient (Wildman–Crippen LogP) is 8.73. The summed E-state index contributed by atoms with van der Waals surface area (Å²) >= 11 is 3.86. The van der Waals surface area contributed by atoms with Gasteiger partial charge in [-0.05, 0) is 54.9 Å². The van der Waals surface area contributed by atoms with Crippen LogP contribution in [0.2, 0.25) is 0 Å². The summed E-state index contributed by atoms with van der Waals surface area (Å²) in [5.74, 6) is 0. The molecule has 6 aromatic carbocycles. The van der Waals surface area contributed by atoms with Crippen LogP contribution in [0.1, 0.15) is 0 Å². The Bertz CT molecular complexity index is 1550. The van der Waals surface area contributed by atoms with Crippen LogP contribution in [0, 0.1) is 0 Å². The molecule has 0 aliphatic rings. The van der Waals surface area contributed by atoms with Crippen LogP contribution in [0.3, 0.4) is 0 Å². The molecule has 0 saturated heterocycles. The largest absolute Gasteiger partial charge is 0.0616 e. The van der Waals surface area contributed by atoms with Crippen LogP contribution in [0.4, 0.5) is 0 Å². The lowest BCUT2D eigenvalue weighted by Crippen LogP contribution is -1.89. The summed E-state index contributed by atoms with van der Waals surface area (Å²) in [6.07, 6.45) is 0. The van der Waals surface area contributed by atoms with Gasteiger partial charge in [0.15, 0.2) is 0 Å². The van der Waals surface area contributed by atoms with Crippen molar-refractivity contribution in [3.8, 4) is 11.1 Å². The van der Waals surface area contributed by atoms with Gasteiger partial charge in [-0.25, -0.2) is 0 Å². The van der Waals surface area contributed by atoms with Gasteiger partial charge in [-0.1, -0.05) is 113 Å². The molecule has 1 heteroatoms. The fourth-order valence-corrected chi connectivity index (χ4v) is 5.22. The molecule has 0 atom stereocenters. The molecule has 0 aliphatic heterocycles. The highest BCUT2D eigenvalue weighted by Crippen LogP contribution is 2.44. The third kappa shape index (κ3) is 2.44. The molecule has 0 aromatic heterocycles. The van der Waals surface area contributed by atoms with Crippen LogP contribution in [0.5, 0.6) is 0 Å². The lowest BCUT2D eigenvalue weighted by Gasteiger charge is -2.16. The van der Waals surface area contributed by atoms with Gasteiger partial charge in [0, 0.05) is 9.86 Å². The third-order valence-electron chi connectivity index (χ3n) is 5.92. The van der Waals surface area contributed by atoms with E-state index in [9.17, 15) is 0 Å². The second-order valence-corrected chi connectivity index (χ2v) is 8.32. The maximum absolute atomic E-state index is 3.86. The highest BCUT2D eigenvalue weighted by Gasteiger charge is 2.16. The summed E-state index contributed by atoms with van der Waals surface area (Å²) in [4.78, 5) is 0. The Balaban J connectivity index is 1.91. The Morgan fingerprint density at radius 2 is 0.931 bits per heavy atom. The summed E-state index contributed by atoms with van der Waals surface area (Å²) in [7, 11) is 0. The van der Waals surface area contributed by atoms with E-state index in [-0.39, 0.29) is 0 Å². The van der Waals surface area contributed by atoms with Gasteiger partial charge in [-0.15, -0.1) is 0 Å². The molecule has 0 fully saturated rings. The van der Waals surface area contributed by atoms with Gasteiger partial charge in [0.2, 0.25) is 0 Å². The van der Waals surface area contributed by atoms with Gasteiger partial charge in [0.05, 0.1) is 0 Å². The fraction of sp³-hybridized carbons (Fsp3) is 0. The molecular weight excluding hydrogens is 416 g/mol. The van der Waals surface area contributed by atoms with Crippen molar-refractivity contribution in [2.24, 2.45) is 0 Å². The Kier molecular flexibility index (Phi) is 3.72. The summed E-state index contributed by atoms with van der Waals surface area (Å²) in [6, 6.07) is 37.2. The van der Waals surface area contributed by atoms with Gasteiger partial charge in [-0.2, -0.15) is 0 Å². The van der Waals surface area contributed by atoms with Crippen molar-refractivity contribution >= 4 is 59.0 Å². The Morgan fingerprint density at radius 3 is 1.66 bits per heavy atom. The van der Waals surface area contributed by atoms with Gasteiger partial charge >= 0.3 is 0 Å². The van der Waals surface area contributed by atoms with E-state index in [1.54, 1.807) is 0 Å². The minimum absolute atomic E-state index is 1.14. The SMILES string of the molecule is Brc1ccc(-c2cccc3ccccc23)c2c3ccccc3c3ccccc3c12. The van der Waals surface area contributed by atoms with Gasteiger partial charge in [0.1, 0.15) is 0 Å². The number of rotatable bonds is 1. The van der Waals surface area contributed by atoms with Crippen LogP contribution in [-0.4, -0.2) is 0 Å². The maximum atomic E-state index is 3.86. The number of benzene rings is 6. The molecule has 0 bridgehead atoms. The zero-order valence-corrected chi connectivity index (χ0v) is 17.3. The van der Waals surface area contributed by atoms with E-state index in [2.05, 4.69) is 119 Å². The van der Waals surface area contributed by atoms with Crippen molar-refractivity contribution < 1.29 is 0 Å². The van der Waals surface area contributed by atoms with Crippen LogP contribution in [-0.2, 0) is 0 Å². The number of fused-ring (bicyclic) bond motifs is 7. The standard InChI is InChI=1S/C28H17Br/c29-26-17-16-25(20-15-7-9-18-8-1-2-10-19(18)20)27-23-13-5-3-11-21(23)22-12-4-6-14-24(22)28(26)27/h1-17H. The monoisotopic (exact) mass is 432 g/mol. The number of halogens is 1. The van der Waals surface area contributed by atoms with Crippen molar-refractivity contribution in [3.05, 3.63) is 108 Å². The van der Waals surface area contributed by atoms with Crippen molar-refractivity contribution in [2.75, 3.05) is 0 Å². The molecule has 6 aromatic rings. The molecular formula is C28H17Br. The topological polar surface area (TPSA) is 0 Å². The molecule has 0 saturated carbocycles. The zero-order valence-electron chi connectivity index (χ0n) is 15.7. The Morgan fingerprint density at radius 1 is 0.379 bits per heavy atom. The molecule has 136 valence electrons. The Labute approximate surface area is 177 Å². The van der Waals surface area contributed by atoms with Gasteiger partial charge in [0.25, 0.3) is 0 Å². The summed E-state index contributed by atoms with van der Waals surface area (Å²) in [6.45, 7) is 0. The van der Waals surface area contributed by atoms with Crippen molar-refractivity contribution in [1.82, 2.24) is 0 Å². The minimum atomic E-state index is 1.14. The van der Waals surface area contributed by atoms with Crippen molar-refractivity contribution in [2.45, 2.75) is 0 Å². The van der Waals surface area contributed by atoms with E-state index in [0.717, 1.165) is 4.47 Å². The summed E-state index contributed by atoms with van der Waals surface area (Å²) in [5.41, 5.74) is 2.56. The lowest BCUT2D eigenvalue weighted by molar-refractivity contribution is 1.68. The molecule has 0 heterocycles. The fourth-order valence-electron chi connectivity index (χ4n) is 4.68. The van der Waals surface area contributed by atoms with E-state index >= 15 is 0 Å². The van der Waals surface area contributed by atoms with Crippen molar-refractivity contribution in [1.29, 1.82) is 0 Å². The molecule has 0 unspecified atom stereocenters. The lowest BCUT2D eigenvalue weighted by atomic mass is 9.88. The van der Waals surface area contributed by atoms with Gasteiger partial charge in [-0.3, -0.25) is 0 Å². The number of hydrogen-bond acceptors (Lipinski definition) is 0. The third-order valence-corrected chi connectivity index (χ3v) is 6.58. The number of hydrogen-bond donors (Lipinski definition) is 0. The van der Waals surface area contributed by atoms with E-state index < -0.39 is 0 Å². The normalized spacial score (nSPS) is 11.6.